The summed E-state index contributed by atoms with van der Waals surface area (Å²) in [5.41, 5.74) is 4.59. The van der Waals surface area contributed by atoms with E-state index in [9.17, 15) is 19.7 Å². The van der Waals surface area contributed by atoms with Crippen molar-refractivity contribution in [1.82, 2.24) is 4.57 Å². The number of hydrogen-bond donors (Lipinski definition) is 0. The van der Waals surface area contributed by atoms with Gasteiger partial charge in [-0.2, -0.15) is 4.99 Å². The third-order valence-corrected chi connectivity index (χ3v) is 5.82. The van der Waals surface area contributed by atoms with Crippen LogP contribution in [0.1, 0.15) is 22.3 Å². The molecule has 0 spiro atoms. The number of benzene rings is 2. The van der Waals surface area contributed by atoms with Gasteiger partial charge in [-0.3, -0.25) is 19.7 Å². The van der Waals surface area contributed by atoms with Crippen molar-refractivity contribution in [1.29, 1.82) is 0 Å². The molecule has 0 atom stereocenters. The van der Waals surface area contributed by atoms with Gasteiger partial charge >= 0.3 is 5.97 Å². The number of nitro benzene ring substituents is 1. The van der Waals surface area contributed by atoms with Crippen LogP contribution in [0.3, 0.4) is 0 Å². The van der Waals surface area contributed by atoms with E-state index in [1.165, 1.54) is 19.2 Å². The highest BCUT2D eigenvalue weighted by molar-refractivity contribution is 7.16. The van der Waals surface area contributed by atoms with Gasteiger partial charge in [-0.15, -0.1) is 0 Å². The molecule has 3 rings (SSSR count). The van der Waals surface area contributed by atoms with Gasteiger partial charge in [-0.1, -0.05) is 29.0 Å². The van der Waals surface area contributed by atoms with Gasteiger partial charge in [0.05, 0.1) is 28.7 Å². The SMILES string of the molecule is COC(=O)Cn1c(=NC(=O)Cc2c(C)cc(C)cc2C)sc2cc([N+](=O)[O-])ccc21. The number of carbonyl (C=O) groups is 2. The molecule has 0 N–H and O–H groups in total. The zero-order chi connectivity index (χ0) is 22.0. The minimum Gasteiger partial charge on any atom is -0.468 e. The summed E-state index contributed by atoms with van der Waals surface area (Å²) in [5, 5.41) is 11.1. The van der Waals surface area contributed by atoms with E-state index in [1.807, 2.05) is 32.9 Å². The number of ether oxygens (including phenoxy) is 1. The van der Waals surface area contributed by atoms with Crippen LogP contribution < -0.4 is 4.80 Å². The Kier molecular flexibility index (Phi) is 6.12. The summed E-state index contributed by atoms with van der Waals surface area (Å²) < 4.78 is 6.84. The maximum atomic E-state index is 12.7. The van der Waals surface area contributed by atoms with Crippen molar-refractivity contribution < 1.29 is 19.2 Å². The predicted octanol–water partition coefficient (Wildman–Crippen LogP) is 3.38. The summed E-state index contributed by atoms with van der Waals surface area (Å²) in [6.45, 7) is 5.77. The fourth-order valence-corrected chi connectivity index (χ4v) is 4.47. The fraction of sp³-hybridized carbons (Fsp3) is 0.286. The Morgan fingerprint density at radius 2 is 1.83 bits per heavy atom. The summed E-state index contributed by atoms with van der Waals surface area (Å²) in [6, 6.07) is 8.35. The molecule has 3 aromatic rings. The zero-order valence-corrected chi connectivity index (χ0v) is 17.9. The molecule has 2 aromatic carbocycles. The molecule has 0 aliphatic rings. The van der Waals surface area contributed by atoms with E-state index in [2.05, 4.69) is 4.99 Å². The van der Waals surface area contributed by atoms with Crippen LogP contribution in [0, 0.1) is 30.9 Å². The lowest BCUT2D eigenvalue weighted by atomic mass is 9.97. The summed E-state index contributed by atoms with van der Waals surface area (Å²) in [4.78, 5) is 39.7. The van der Waals surface area contributed by atoms with Crippen LogP contribution in [0.2, 0.25) is 0 Å². The predicted molar refractivity (Wildman–Crippen MR) is 113 cm³/mol. The normalized spacial score (nSPS) is 11.7. The van der Waals surface area contributed by atoms with E-state index in [4.69, 9.17) is 4.74 Å². The molecular formula is C21H21N3O5S. The molecule has 156 valence electrons. The lowest BCUT2D eigenvalue weighted by Crippen LogP contribution is -2.22. The van der Waals surface area contributed by atoms with Gasteiger partial charge in [-0.25, -0.2) is 0 Å². The first kappa shape index (κ1) is 21.4. The first-order valence-electron chi connectivity index (χ1n) is 9.18. The minimum atomic E-state index is -0.507. The Balaban J connectivity index is 2.07. The maximum absolute atomic E-state index is 12.7. The summed E-state index contributed by atoms with van der Waals surface area (Å²) in [6.07, 6.45) is 0.130. The van der Waals surface area contributed by atoms with Crippen molar-refractivity contribution in [3.63, 3.8) is 0 Å². The standard InChI is InChI=1S/C21H21N3O5S/c1-12-7-13(2)16(14(3)8-12)10-19(25)22-21-23(11-20(26)29-4)17-6-5-15(24(27)28)9-18(17)30-21/h5-9H,10-11H2,1-4H3. The van der Waals surface area contributed by atoms with Crippen molar-refractivity contribution in [2.45, 2.75) is 33.7 Å². The highest BCUT2D eigenvalue weighted by Crippen LogP contribution is 2.23. The lowest BCUT2D eigenvalue weighted by Gasteiger charge is -2.09. The van der Waals surface area contributed by atoms with Gasteiger partial charge in [0.25, 0.3) is 11.6 Å². The molecule has 0 unspecified atom stereocenters. The third kappa shape index (κ3) is 4.46. The largest absolute Gasteiger partial charge is 0.468 e. The Bertz CT molecular complexity index is 1220. The number of fused-ring (bicyclic) bond motifs is 1. The molecule has 1 aromatic heterocycles. The number of nitrogens with zero attached hydrogens (tertiary/aromatic N) is 3. The van der Waals surface area contributed by atoms with Gasteiger partial charge < -0.3 is 9.30 Å². The molecule has 0 saturated heterocycles. The Labute approximate surface area is 176 Å². The maximum Gasteiger partial charge on any atom is 0.325 e. The van der Waals surface area contributed by atoms with Gasteiger partial charge in [0, 0.05) is 12.1 Å². The van der Waals surface area contributed by atoms with Crippen molar-refractivity contribution in [3.05, 3.63) is 67.5 Å². The minimum absolute atomic E-state index is 0.0715. The third-order valence-electron chi connectivity index (χ3n) is 4.78. The second-order valence-corrected chi connectivity index (χ2v) is 8.02. The number of carbonyl (C=O) groups excluding carboxylic acids is 2. The van der Waals surface area contributed by atoms with Crippen LogP contribution in [0.4, 0.5) is 5.69 Å². The molecule has 0 bridgehead atoms. The second-order valence-electron chi connectivity index (χ2n) is 7.02. The molecule has 9 heteroatoms. The van der Waals surface area contributed by atoms with Crippen LogP contribution in [-0.2, 0) is 27.3 Å². The first-order chi connectivity index (χ1) is 14.2. The molecule has 0 aliphatic carbocycles. The van der Waals surface area contributed by atoms with Crippen molar-refractivity contribution in [2.75, 3.05) is 7.11 Å². The smallest absolute Gasteiger partial charge is 0.325 e. The molecule has 0 radical (unpaired) electrons. The van der Waals surface area contributed by atoms with Crippen LogP contribution in [0.5, 0.6) is 0 Å². The van der Waals surface area contributed by atoms with Crippen LogP contribution in [0.15, 0.2) is 35.3 Å². The van der Waals surface area contributed by atoms with Crippen molar-refractivity contribution in [3.8, 4) is 0 Å². The highest BCUT2D eigenvalue weighted by Gasteiger charge is 2.16. The molecular weight excluding hydrogens is 406 g/mol. The van der Waals surface area contributed by atoms with Crippen LogP contribution in [0.25, 0.3) is 10.2 Å². The molecule has 8 nitrogen and oxygen atoms in total. The van der Waals surface area contributed by atoms with E-state index in [0.29, 0.717) is 15.0 Å². The van der Waals surface area contributed by atoms with E-state index < -0.39 is 10.9 Å². The van der Waals surface area contributed by atoms with E-state index >= 15 is 0 Å². The summed E-state index contributed by atoms with van der Waals surface area (Å²) in [7, 11) is 1.27. The average Bonchev–Trinajstić information content (AvgIpc) is 3.00. The number of rotatable bonds is 5. The summed E-state index contributed by atoms with van der Waals surface area (Å²) >= 11 is 1.12. The Hall–Kier alpha value is -3.33. The van der Waals surface area contributed by atoms with Crippen molar-refractivity contribution in [2.24, 2.45) is 4.99 Å². The number of aromatic nitrogens is 1. The Morgan fingerprint density at radius 3 is 2.43 bits per heavy atom. The second kappa shape index (κ2) is 8.58. The van der Waals surface area contributed by atoms with Gasteiger partial charge in [0.1, 0.15) is 6.54 Å². The number of amides is 1. The molecule has 1 heterocycles. The molecule has 0 fully saturated rings. The number of methoxy groups -OCH3 is 1. The monoisotopic (exact) mass is 427 g/mol. The fourth-order valence-electron chi connectivity index (χ4n) is 3.39. The quantitative estimate of drug-likeness (QED) is 0.353. The van der Waals surface area contributed by atoms with Crippen LogP contribution >= 0.6 is 11.3 Å². The molecule has 0 aliphatic heterocycles. The average molecular weight is 427 g/mol. The number of nitro groups is 1. The lowest BCUT2D eigenvalue weighted by molar-refractivity contribution is -0.384. The highest BCUT2D eigenvalue weighted by atomic mass is 32.1. The number of thiazole rings is 1. The van der Waals surface area contributed by atoms with Gasteiger partial charge in [0.2, 0.25) is 0 Å². The Morgan fingerprint density at radius 1 is 1.17 bits per heavy atom. The van der Waals surface area contributed by atoms with Gasteiger partial charge in [0.15, 0.2) is 4.80 Å². The molecule has 0 saturated carbocycles. The van der Waals surface area contributed by atoms with Crippen LogP contribution in [-0.4, -0.2) is 28.5 Å². The molecule has 1 amide bonds. The van der Waals surface area contributed by atoms with E-state index in [0.717, 1.165) is 33.6 Å². The zero-order valence-electron chi connectivity index (χ0n) is 17.1. The number of non-ortho nitro benzene ring substituents is 1. The van der Waals surface area contributed by atoms with E-state index in [1.54, 1.807) is 10.6 Å². The number of esters is 1. The summed E-state index contributed by atoms with van der Waals surface area (Å²) in [5.74, 6) is -0.864. The topological polar surface area (TPSA) is 104 Å². The number of aryl methyl sites for hydroxylation is 3. The van der Waals surface area contributed by atoms with E-state index in [-0.39, 0.29) is 24.6 Å². The van der Waals surface area contributed by atoms with Gasteiger partial charge in [-0.05, 0) is 43.5 Å². The number of hydrogen-bond acceptors (Lipinski definition) is 6. The van der Waals surface area contributed by atoms with Crippen molar-refractivity contribution >= 4 is 39.1 Å². The first-order valence-corrected chi connectivity index (χ1v) is 10.00. The molecule has 30 heavy (non-hydrogen) atoms.